The molecule has 1 aliphatic heterocycles. The van der Waals surface area contributed by atoms with Crippen molar-refractivity contribution in [3.63, 3.8) is 0 Å². The van der Waals surface area contributed by atoms with Gasteiger partial charge in [-0.3, -0.25) is 4.79 Å². The van der Waals surface area contributed by atoms with E-state index in [0.717, 1.165) is 12.8 Å². The third-order valence-corrected chi connectivity index (χ3v) is 5.31. The van der Waals surface area contributed by atoms with Gasteiger partial charge in [-0.25, -0.2) is 4.79 Å². The normalized spacial score (nSPS) is 26.8. The second kappa shape index (κ2) is 4.28. The van der Waals surface area contributed by atoms with Gasteiger partial charge in [0.1, 0.15) is 6.04 Å². The molecule has 4 nitrogen and oxygen atoms in total. The van der Waals surface area contributed by atoms with Gasteiger partial charge in [-0.05, 0) is 26.7 Å². The number of thioether (sulfide) groups is 1. The molecule has 0 saturated carbocycles. The maximum Gasteiger partial charge on any atom is 0.327 e. The molecule has 1 heterocycles. The number of hydrogen-bond donors (Lipinski definition) is 1. The molecule has 0 spiro atoms. The molecule has 1 N–H and O–H groups in total. The Hall–Kier alpha value is -0.710. The van der Waals surface area contributed by atoms with Crippen LogP contribution < -0.4 is 0 Å². The summed E-state index contributed by atoms with van der Waals surface area (Å²) in [6, 6.07) is -0.722. The van der Waals surface area contributed by atoms with Gasteiger partial charge in [-0.2, -0.15) is 0 Å². The van der Waals surface area contributed by atoms with Gasteiger partial charge in [0.25, 0.3) is 0 Å². The van der Waals surface area contributed by atoms with Crippen LogP contribution in [0.4, 0.5) is 0 Å². The molecular formula is C11H19NO3S. The van der Waals surface area contributed by atoms with Gasteiger partial charge >= 0.3 is 5.97 Å². The first-order valence-corrected chi connectivity index (χ1v) is 6.33. The third kappa shape index (κ3) is 1.81. The summed E-state index contributed by atoms with van der Waals surface area (Å²) in [5.41, 5.74) is 0. The van der Waals surface area contributed by atoms with Gasteiger partial charge < -0.3 is 10.0 Å². The molecule has 16 heavy (non-hydrogen) atoms. The summed E-state index contributed by atoms with van der Waals surface area (Å²) in [6.45, 7) is 7.76. The van der Waals surface area contributed by atoms with E-state index >= 15 is 0 Å². The zero-order valence-corrected chi connectivity index (χ0v) is 11.0. The monoisotopic (exact) mass is 245 g/mol. The fraction of sp³-hybridized carbons (Fsp3) is 0.818. The number of rotatable bonds is 4. The number of carbonyl (C=O) groups is 2. The van der Waals surface area contributed by atoms with Crippen LogP contribution in [0.3, 0.4) is 0 Å². The van der Waals surface area contributed by atoms with Crippen LogP contribution in [0.25, 0.3) is 0 Å². The predicted octanol–water partition coefficient (Wildman–Crippen LogP) is 1.94. The summed E-state index contributed by atoms with van der Waals surface area (Å²) in [7, 11) is 0. The van der Waals surface area contributed by atoms with Crippen LogP contribution >= 0.6 is 11.8 Å². The van der Waals surface area contributed by atoms with E-state index in [9.17, 15) is 14.7 Å². The molecule has 0 aliphatic carbocycles. The fourth-order valence-corrected chi connectivity index (χ4v) is 4.35. The number of aliphatic carboxylic acids is 1. The van der Waals surface area contributed by atoms with Gasteiger partial charge in [0.05, 0.1) is 4.87 Å². The Morgan fingerprint density at radius 2 is 1.94 bits per heavy atom. The first-order chi connectivity index (χ1) is 7.34. The third-order valence-electron chi connectivity index (χ3n) is 3.40. The van der Waals surface area contributed by atoms with Crippen molar-refractivity contribution in [3.05, 3.63) is 0 Å². The maximum atomic E-state index is 11.4. The van der Waals surface area contributed by atoms with E-state index in [4.69, 9.17) is 0 Å². The van der Waals surface area contributed by atoms with Crippen molar-refractivity contribution in [1.29, 1.82) is 0 Å². The lowest BCUT2D eigenvalue weighted by atomic mass is 9.91. The van der Waals surface area contributed by atoms with Gasteiger partial charge in [-0.1, -0.05) is 13.8 Å². The molecule has 1 fully saturated rings. The van der Waals surface area contributed by atoms with Gasteiger partial charge in [0.2, 0.25) is 6.41 Å². The minimum Gasteiger partial charge on any atom is -0.480 e. The Morgan fingerprint density at radius 1 is 1.44 bits per heavy atom. The van der Waals surface area contributed by atoms with Gasteiger partial charge in [0.15, 0.2) is 0 Å². The molecule has 0 aromatic carbocycles. The van der Waals surface area contributed by atoms with E-state index in [2.05, 4.69) is 0 Å². The number of nitrogens with zero attached hydrogens (tertiary/aromatic N) is 1. The van der Waals surface area contributed by atoms with Crippen molar-refractivity contribution < 1.29 is 14.7 Å². The number of carbonyl (C=O) groups excluding carboxylic acids is 1. The Labute approximate surface area is 100 Å². The average molecular weight is 245 g/mol. The first-order valence-electron chi connectivity index (χ1n) is 5.51. The molecule has 0 aromatic rings. The Bertz CT molecular complexity index is 300. The van der Waals surface area contributed by atoms with Crippen LogP contribution in [0.2, 0.25) is 0 Å². The van der Waals surface area contributed by atoms with E-state index in [0.29, 0.717) is 6.41 Å². The smallest absolute Gasteiger partial charge is 0.327 e. The van der Waals surface area contributed by atoms with Crippen molar-refractivity contribution >= 4 is 24.1 Å². The molecule has 5 heteroatoms. The van der Waals surface area contributed by atoms with Crippen molar-refractivity contribution in [2.24, 2.45) is 0 Å². The summed E-state index contributed by atoms with van der Waals surface area (Å²) in [4.78, 5) is 23.5. The number of carboxylic acids is 1. The molecule has 1 aliphatic rings. The highest BCUT2D eigenvalue weighted by Gasteiger charge is 2.57. The van der Waals surface area contributed by atoms with E-state index < -0.39 is 16.9 Å². The van der Waals surface area contributed by atoms with E-state index in [-0.39, 0.29) is 4.75 Å². The summed E-state index contributed by atoms with van der Waals surface area (Å²) in [6.07, 6.45) is 2.16. The Balaban J connectivity index is 3.22. The molecule has 1 saturated heterocycles. The highest BCUT2D eigenvalue weighted by Crippen LogP contribution is 2.53. The molecule has 1 amide bonds. The van der Waals surface area contributed by atoms with Crippen LogP contribution in [0.5, 0.6) is 0 Å². The van der Waals surface area contributed by atoms with Crippen molar-refractivity contribution in [3.8, 4) is 0 Å². The minimum atomic E-state index is -0.908. The van der Waals surface area contributed by atoms with Crippen molar-refractivity contribution in [2.45, 2.75) is 56.2 Å². The fourth-order valence-electron chi connectivity index (χ4n) is 2.48. The summed E-state index contributed by atoms with van der Waals surface area (Å²) < 4.78 is -0.365. The Morgan fingerprint density at radius 3 is 2.25 bits per heavy atom. The largest absolute Gasteiger partial charge is 0.480 e. The summed E-state index contributed by atoms with van der Waals surface area (Å²) >= 11 is 1.60. The zero-order chi connectivity index (χ0) is 12.6. The number of amides is 1. The molecular weight excluding hydrogens is 226 g/mol. The zero-order valence-electron chi connectivity index (χ0n) is 10.2. The number of carboxylic acid groups (broad SMARTS) is 1. The highest BCUT2D eigenvalue weighted by molar-refractivity contribution is 8.02. The topological polar surface area (TPSA) is 57.6 Å². The molecule has 92 valence electrons. The van der Waals surface area contributed by atoms with Gasteiger partial charge in [0, 0.05) is 4.75 Å². The standard InChI is InChI=1S/C11H19NO3S/c1-5-11(6-2)8(9(14)15)12(7-13)10(3,4)16-11/h7-8H,5-6H2,1-4H3,(H,14,15). The molecule has 0 bridgehead atoms. The van der Waals surface area contributed by atoms with Crippen LogP contribution in [0.1, 0.15) is 40.5 Å². The van der Waals surface area contributed by atoms with Gasteiger partial charge in [-0.15, -0.1) is 11.8 Å². The van der Waals surface area contributed by atoms with E-state index in [1.54, 1.807) is 11.8 Å². The minimum absolute atomic E-state index is 0.365. The van der Waals surface area contributed by atoms with Crippen LogP contribution in [-0.2, 0) is 9.59 Å². The lowest BCUT2D eigenvalue weighted by Crippen LogP contribution is -2.51. The molecule has 0 radical (unpaired) electrons. The summed E-state index contributed by atoms with van der Waals surface area (Å²) in [5, 5.41) is 9.33. The van der Waals surface area contributed by atoms with E-state index in [1.807, 2.05) is 27.7 Å². The number of hydrogen-bond acceptors (Lipinski definition) is 3. The van der Waals surface area contributed by atoms with Crippen molar-refractivity contribution in [2.75, 3.05) is 0 Å². The molecule has 0 aromatic heterocycles. The second-order valence-corrected chi connectivity index (χ2v) is 6.59. The van der Waals surface area contributed by atoms with Crippen LogP contribution in [-0.4, -0.2) is 38.0 Å². The molecule has 1 unspecified atom stereocenters. The maximum absolute atomic E-state index is 11.4. The second-order valence-electron chi connectivity index (χ2n) is 4.57. The SMILES string of the molecule is CCC1(CC)SC(C)(C)N(C=O)C1C(=O)O. The van der Waals surface area contributed by atoms with Crippen LogP contribution in [0.15, 0.2) is 0 Å². The lowest BCUT2D eigenvalue weighted by Gasteiger charge is -2.31. The lowest BCUT2D eigenvalue weighted by molar-refractivity contribution is -0.148. The molecule has 1 atom stereocenters. The Kier molecular flexibility index (Phi) is 3.57. The van der Waals surface area contributed by atoms with Crippen molar-refractivity contribution in [1.82, 2.24) is 4.90 Å². The van der Waals surface area contributed by atoms with Crippen LogP contribution in [0, 0.1) is 0 Å². The quantitative estimate of drug-likeness (QED) is 0.769. The average Bonchev–Trinajstić information content (AvgIpc) is 2.45. The molecule has 1 rings (SSSR count). The predicted molar refractivity (Wildman–Crippen MR) is 64.3 cm³/mol. The first kappa shape index (κ1) is 13.4. The summed E-state index contributed by atoms with van der Waals surface area (Å²) in [5.74, 6) is -0.908. The van der Waals surface area contributed by atoms with E-state index in [1.165, 1.54) is 4.90 Å². The highest BCUT2D eigenvalue weighted by atomic mass is 32.2.